The van der Waals surface area contributed by atoms with Crippen molar-refractivity contribution < 1.29 is 9.90 Å². The van der Waals surface area contributed by atoms with Gasteiger partial charge in [-0.3, -0.25) is 4.79 Å². The summed E-state index contributed by atoms with van der Waals surface area (Å²) in [7, 11) is 0. The minimum atomic E-state index is -0.132. The molecule has 1 rings (SSSR count). The number of hydrogen-bond donors (Lipinski definition) is 2. The zero-order valence-electron chi connectivity index (χ0n) is 11.5. The van der Waals surface area contributed by atoms with Crippen LogP contribution in [0.1, 0.15) is 26.3 Å². The summed E-state index contributed by atoms with van der Waals surface area (Å²) in [6, 6.07) is 7.26. The van der Waals surface area contributed by atoms with Crippen LogP contribution in [-0.4, -0.2) is 23.7 Å². The fourth-order valence-electron chi connectivity index (χ4n) is 1.53. The lowest BCUT2D eigenvalue weighted by atomic mass is 10.0. The Bertz CT molecular complexity index is 471. The first-order valence-corrected chi connectivity index (χ1v) is 6.67. The molecule has 0 saturated carbocycles. The molecular formula is C15H20ClNO2. The van der Waals surface area contributed by atoms with Gasteiger partial charge < -0.3 is 10.4 Å². The summed E-state index contributed by atoms with van der Waals surface area (Å²) in [6.07, 6.45) is 1.79. The number of benzene rings is 1. The lowest BCUT2D eigenvalue weighted by molar-refractivity contribution is -0.118. The van der Waals surface area contributed by atoms with Crippen LogP contribution in [0, 0.1) is 5.92 Å². The van der Waals surface area contributed by atoms with Gasteiger partial charge in [0.05, 0.1) is 0 Å². The van der Waals surface area contributed by atoms with Gasteiger partial charge in [0.25, 0.3) is 0 Å². The Balaban J connectivity index is 2.71. The van der Waals surface area contributed by atoms with E-state index in [2.05, 4.69) is 5.32 Å². The van der Waals surface area contributed by atoms with Crippen LogP contribution in [0.2, 0.25) is 5.02 Å². The van der Waals surface area contributed by atoms with Crippen LogP contribution in [0.25, 0.3) is 6.08 Å². The van der Waals surface area contributed by atoms with Gasteiger partial charge in [0.15, 0.2) is 0 Å². The highest BCUT2D eigenvalue weighted by molar-refractivity contribution is 6.30. The third-order valence-corrected chi connectivity index (χ3v) is 3.33. The maximum Gasteiger partial charge on any atom is 0.247 e. The molecule has 2 unspecified atom stereocenters. The Kier molecular flexibility index (Phi) is 6.06. The van der Waals surface area contributed by atoms with E-state index in [1.54, 1.807) is 25.1 Å². The standard InChI is InChI=1S/C15H20ClNO2/c1-10(7-13-5-4-6-14(16)8-13)15(19)17-12(3)11(2)9-18/h4-8,11-12,18H,9H2,1-3H3,(H,17,19)/b10-7+. The van der Waals surface area contributed by atoms with E-state index in [9.17, 15) is 4.79 Å². The quantitative estimate of drug-likeness (QED) is 0.816. The highest BCUT2D eigenvalue weighted by atomic mass is 35.5. The minimum absolute atomic E-state index is 0.0305. The Morgan fingerprint density at radius 2 is 2.16 bits per heavy atom. The number of carbonyl (C=O) groups is 1. The van der Waals surface area contributed by atoms with Crippen LogP contribution in [0.15, 0.2) is 29.8 Å². The predicted octanol–water partition coefficient (Wildman–Crippen LogP) is 2.88. The van der Waals surface area contributed by atoms with Gasteiger partial charge >= 0.3 is 0 Å². The third-order valence-electron chi connectivity index (χ3n) is 3.09. The number of halogens is 1. The molecule has 0 heterocycles. The van der Waals surface area contributed by atoms with E-state index in [1.807, 2.05) is 26.0 Å². The fraction of sp³-hybridized carbons (Fsp3) is 0.400. The van der Waals surface area contributed by atoms with Gasteiger partial charge in [-0.1, -0.05) is 30.7 Å². The molecule has 0 aliphatic heterocycles. The summed E-state index contributed by atoms with van der Waals surface area (Å²) in [5, 5.41) is 12.5. The average molecular weight is 282 g/mol. The molecule has 104 valence electrons. The number of aliphatic hydroxyl groups excluding tert-OH is 1. The van der Waals surface area contributed by atoms with Crippen molar-refractivity contribution in [1.29, 1.82) is 0 Å². The molecule has 19 heavy (non-hydrogen) atoms. The number of carbonyl (C=O) groups excluding carboxylic acids is 1. The molecular weight excluding hydrogens is 262 g/mol. The number of hydrogen-bond acceptors (Lipinski definition) is 2. The second-order valence-corrected chi connectivity index (χ2v) is 5.24. The van der Waals surface area contributed by atoms with Crippen LogP contribution in [0.4, 0.5) is 0 Å². The van der Waals surface area contributed by atoms with Gasteiger partial charge in [0.1, 0.15) is 0 Å². The van der Waals surface area contributed by atoms with Gasteiger partial charge in [-0.05, 0) is 43.5 Å². The first-order chi connectivity index (χ1) is 8.93. The summed E-state index contributed by atoms with van der Waals surface area (Å²) in [4.78, 5) is 12.0. The molecule has 0 aliphatic rings. The maximum absolute atomic E-state index is 12.0. The normalized spacial score (nSPS) is 14.9. The lowest BCUT2D eigenvalue weighted by Crippen LogP contribution is -2.38. The average Bonchev–Trinajstić information content (AvgIpc) is 2.37. The molecule has 1 amide bonds. The van der Waals surface area contributed by atoms with E-state index in [4.69, 9.17) is 16.7 Å². The number of aliphatic hydroxyl groups is 1. The van der Waals surface area contributed by atoms with Crippen LogP contribution in [0.3, 0.4) is 0 Å². The maximum atomic E-state index is 12.0. The van der Waals surface area contributed by atoms with E-state index in [0.717, 1.165) is 5.56 Å². The molecule has 1 aromatic rings. The number of amides is 1. The molecule has 0 radical (unpaired) electrons. The zero-order chi connectivity index (χ0) is 14.4. The summed E-state index contributed by atoms with van der Waals surface area (Å²) in [5.41, 5.74) is 1.50. The van der Waals surface area contributed by atoms with Crippen molar-refractivity contribution in [2.24, 2.45) is 5.92 Å². The van der Waals surface area contributed by atoms with Gasteiger partial charge in [0.2, 0.25) is 5.91 Å². The van der Waals surface area contributed by atoms with E-state index in [0.29, 0.717) is 10.6 Å². The van der Waals surface area contributed by atoms with E-state index in [-0.39, 0.29) is 24.5 Å². The Labute approximate surface area is 119 Å². The largest absolute Gasteiger partial charge is 0.396 e. The Morgan fingerprint density at radius 3 is 2.74 bits per heavy atom. The summed E-state index contributed by atoms with van der Waals surface area (Å²) in [6.45, 7) is 5.58. The van der Waals surface area contributed by atoms with Crippen molar-refractivity contribution in [3.8, 4) is 0 Å². The second kappa shape index (κ2) is 7.31. The fourth-order valence-corrected chi connectivity index (χ4v) is 1.73. The lowest BCUT2D eigenvalue weighted by Gasteiger charge is -2.19. The molecule has 0 spiro atoms. The second-order valence-electron chi connectivity index (χ2n) is 4.80. The summed E-state index contributed by atoms with van der Waals surface area (Å²) >= 11 is 5.89. The first kappa shape index (κ1) is 15.7. The number of rotatable bonds is 5. The molecule has 0 fully saturated rings. The molecule has 0 bridgehead atoms. The van der Waals surface area contributed by atoms with Crippen LogP contribution >= 0.6 is 11.6 Å². The van der Waals surface area contributed by atoms with Gasteiger partial charge in [-0.2, -0.15) is 0 Å². The monoisotopic (exact) mass is 281 g/mol. The van der Waals surface area contributed by atoms with Crippen molar-refractivity contribution in [2.75, 3.05) is 6.61 Å². The summed E-state index contributed by atoms with van der Waals surface area (Å²) in [5.74, 6) is -0.101. The van der Waals surface area contributed by atoms with Gasteiger partial charge in [-0.25, -0.2) is 0 Å². The molecule has 2 atom stereocenters. The predicted molar refractivity (Wildman–Crippen MR) is 79.0 cm³/mol. The molecule has 3 nitrogen and oxygen atoms in total. The molecule has 0 saturated heterocycles. The number of nitrogens with one attached hydrogen (secondary N) is 1. The molecule has 0 aromatic heterocycles. The zero-order valence-corrected chi connectivity index (χ0v) is 12.2. The highest BCUT2D eigenvalue weighted by Crippen LogP contribution is 2.14. The Morgan fingerprint density at radius 1 is 1.47 bits per heavy atom. The van der Waals surface area contributed by atoms with E-state index < -0.39 is 0 Å². The molecule has 4 heteroatoms. The van der Waals surface area contributed by atoms with Crippen LogP contribution in [-0.2, 0) is 4.79 Å². The van der Waals surface area contributed by atoms with E-state index >= 15 is 0 Å². The SMILES string of the molecule is C/C(=C\c1cccc(Cl)c1)C(=O)NC(C)C(C)CO. The van der Waals surface area contributed by atoms with Crippen LogP contribution in [0.5, 0.6) is 0 Å². The highest BCUT2D eigenvalue weighted by Gasteiger charge is 2.14. The van der Waals surface area contributed by atoms with Gasteiger partial charge in [-0.15, -0.1) is 0 Å². The van der Waals surface area contributed by atoms with Crippen molar-refractivity contribution in [2.45, 2.75) is 26.8 Å². The first-order valence-electron chi connectivity index (χ1n) is 6.29. The van der Waals surface area contributed by atoms with Crippen molar-refractivity contribution in [1.82, 2.24) is 5.32 Å². The van der Waals surface area contributed by atoms with E-state index in [1.165, 1.54) is 0 Å². The third kappa shape index (κ3) is 5.05. The molecule has 0 aliphatic carbocycles. The molecule has 2 N–H and O–H groups in total. The van der Waals surface area contributed by atoms with Crippen LogP contribution < -0.4 is 5.32 Å². The van der Waals surface area contributed by atoms with Gasteiger partial charge in [0, 0.05) is 23.2 Å². The van der Waals surface area contributed by atoms with Crippen molar-refractivity contribution >= 4 is 23.6 Å². The van der Waals surface area contributed by atoms with Crippen molar-refractivity contribution in [3.63, 3.8) is 0 Å². The molecule has 1 aromatic carbocycles. The minimum Gasteiger partial charge on any atom is -0.396 e. The topological polar surface area (TPSA) is 49.3 Å². The Hall–Kier alpha value is -1.32. The smallest absolute Gasteiger partial charge is 0.247 e. The summed E-state index contributed by atoms with van der Waals surface area (Å²) < 4.78 is 0. The van der Waals surface area contributed by atoms with Crippen molar-refractivity contribution in [3.05, 3.63) is 40.4 Å².